The van der Waals surface area contributed by atoms with Gasteiger partial charge in [-0.1, -0.05) is 36.4 Å². The average molecular weight is 234 g/mol. The number of hydrogen-bond acceptors (Lipinski definition) is 3. The van der Waals surface area contributed by atoms with Crippen LogP contribution in [0.4, 0.5) is 0 Å². The lowest BCUT2D eigenvalue weighted by molar-refractivity contribution is -0.146. The number of esters is 1. The number of hydrogen-bond donors (Lipinski definition) is 1. The van der Waals surface area contributed by atoms with E-state index in [1.807, 2.05) is 36.4 Å². The maximum atomic E-state index is 11.0. The van der Waals surface area contributed by atoms with Crippen LogP contribution in [0.25, 0.3) is 6.08 Å². The van der Waals surface area contributed by atoms with Crippen molar-refractivity contribution < 1.29 is 19.4 Å². The Balaban J connectivity index is 2.21. The molecule has 4 nitrogen and oxygen atoms in total. The molecule has 0 heterocycles. The third kappa shape index (κ3) is 6.14. The largest absolute Gasteiger partial charge is 0.481 e. The normalized spacial score (nSPS) is 10.4. The van der Waals surface area contributed by atoms with Gasteiger partial charge in [0.05, 0.1) is 12.8 Å². The molecule has 90 valence electrons. The lowest BCUT2D eigenvalue weighted by atomic mass is 10.2. The van der Waals surface area contributed by atoms with Crippen LogP contribution in [0.3, 0.4) is 0 Å². The minimum atomic E-state index is -0.998. The van der Waals surface area contributed by atoms with Crippen molar-refractivity contribution in [1.82, 2.24) is 0 Å². The van der Waals surface area contributed by atoms with Gasteiger partial charge in [-0.2, -0.15) is 0 Å². The molecule has 0 unspecified atom stereocenters. The van der Waals surface area contributed by atoms with E-state index >= 15 is 0 Å². The minimum Gasteiger partial charge on any atom is -0.481 e. The Hall–Kier alpha value is -2.10. The summed E-state index contributed by atoms with van der Waals surface area (Å²) in [5.74, 6) is -1.49. The molecule has 0 spiro atoms. The minimum absolute atomic E-state index is 0.0888. The van der Waals surface area contributed by atoms with Crippen molar-refractivity contribution in [1.29, 1.82) is 0 Å². The monoisotopic (exact) mass is 234 g/mol. The summed E-state index contributed by atoms with van der Waals surface area (Å²) in [6.45, 7) is 0.160. The standard InChI is InChI=1S/C13H14O4/c14-12(15)8-9-13(16)17-10-4-7-11-5-2-1-3-6-11/h1-7H,8-10H2,(H,14,15)/b7-4+. The maximum absolute atomic E-state index is 11.0. The third-order valence-electron chi connectivity index (χ3n) is 1.99. The van der Waals surface area contributed by atoms with Gasteiger partial charge in [0.15, 0.2) is 0 Å². The smallest absolute Gasteiger partial charge is 0.306 e. The van der Waals surface area contributed by atoms with E-state index in [0.717, 1.165) is 5.56 Å². The molecule has 1 aromatic rings. The molecule has 0 saturated carbocycles. The Morgan fingerprint density at radius 1 is 1.18 bits per heavy atom. The van der Waals surface area contributed by atoms with E-state index in [1.54, 1.807) is 6.08 Å². The van der Waals surface area contributed by atoms with Gasteiger partial charge in [-0.05, 0) is 11.6 Å². The van der Waals surface area contributed by atoms with Crippen molar-refractivity contribution in [3.05, 3.63) is 42.0 Å². The Morgan fingerprint density at radius 3 is 2.53 bits per heavy atom. The summed E-state index contributed by atoms with van der Waals surface area (Å²) in [4.78, 5) is 21.2. The topological polar surface area (TPSA) is 63.6 Å². The highest BCUT2D eigenvalue weighted by molar-refractivity contribution is 5.76. The Morgan fingerprint density at radius 2 is 1.88 bits per heavy atom. The van der Waals surface area contributed by atoms with E-state index in [9.17, 15) is 9.59 Å². The number of carboxylic acids is 1. The summed E-state index contributed by atoms with van der Waals surface area (Å²) in [5, 5.41) is 8.36. The van der Waals surface area contributed by atoms with Crippen molar-refractivity contribution in [3.63, 3.8) is 0 Å². The van der Waals surface area contributed by atoms with Gasteiger partial charge >= 0.3 is 11.9 Å². The maximum Gasteiger partial charge on any atom is 0.306 e. The van der Waals surface area contributed by atoms with Gasteiger partial charge in [-0.3, -0.25) is 9.59 Å². The lowest BCUT2D eigenvalue weighted by Gasteiger charge is -1.99. The summed E-state index contributed by atoms with van der Waals surface area (Å²) in [5.41, 5.74) is 1.02. The third-order valence-corrected chi connectivity index (χ3v) is 1.99. The Kier molecular flexibility index (Phi) is 5.51. The summed E-state index contributed by atoms with van der Waals surface area (Å²) in [6.07, 6.45) is 3.27. The van der Waals surface area contributed by atoms with Gasteiger partial charge < -0.3 is 9.84 Å². The van der Waals surface area contributed by atoms with Gasteiger partial charge in [0.1, 0.15) is 6.61 Å². The predicted molar refractivity (Wildman–Crippen MR) is 63.3 cm³/mol. The quantitative estimate of drug-likeness (QED) is 0.765. The zero-order valence-corrected chi connectivity index (χ0v) is 9.33. The van der Waals surface area contributed by atoms with Gasteiger partial charge in [0, 0.05) is 0 Å². The second kappa shape index (κ2) is 7.22. The highest BCUT2D eigenvalue weighted by Gasteiger charge is 2.04. The van der Waals surface area contributed by atoms with E-state index in [-0.39, 0.29) is 19.4 Å². The molecule has 0 atom stereocenters. The molecule has 0 fully saturated rings. The van der Waals surface area contributed by atoms with Gasteiger partial charge in [0.2, 0.25) is 0 Å². The summed E-state index contributed by atoms with van der Waals surface area (Å²) < 4.78 is 4.83. The highest BCUT2D eigenvalue weighted by Crippen LogP contribution is 2.01. The number of benzene rings is 1. The molecule has 0 aliphatic rings. The fourth-order valence-corrected chi connectivity index (χ4v) is 1.17. The van der Waals surface area contributed by atoms with E-state index in [1.165, 1.54) is 0 Å². The SMILES string of the molecule is O=C(O)CCC(=O)OC/C=C/c1ccccc1. The molecule has 0 radical (unpaired) electrons. The van der Waals surface area contributed by atoms with Crippen LogP contribution in [0.1, 0.15) is 18.4 Å². The average Bonchev–Trinajstić information content (AvgIpc) is 2.33. The van der Waals surface area contributed by atoms with Crippen molar-refractivity contribution in [2.45, 2.75) is 12.8 Å². The van der Waals surface area contributed by atoms with Gasteiger partial charge in [0.25, 0.3) is 0 Å². The summed E-state index contributed by atoms with van der Waals surface area (Å²) >= 11 is 0. The van der Waals surface area contributed by atoms with Crippen LogP contribution in [0, 0.1) is 0 Å². The zero-order chi connectivity index (χ0) is 12.5. The van der Waals surface area contributed by atoms with E-state index < -0.39 is 11.9 Å². The molecule has 0 aliphatic heterocycles. The number of aliphatic carboxylic acids is 1. The number of carbonyl (C=O) groups excluding carboxylic acids is 1. The van der Waals surface area contributed by atoms with Crippen LogP contribution in [-0.4, -0.2) is 23.7 Å². The fourth-order valence-electron chi connectivity index (χ4n) is 1.17. The first kappa shape index (κ1) is 13.0. The predicted octanol–water partition coefficient (Wildman–Crippen LogP) is 2.11. The van der Waals surface area contributed by atoms with Crippen LogP contribution in [0.5, 0.6) is 0 Å². The van der Waals surface area contributed by atoms with Crippen molar-refractivity contribution in [2.75, 3.05) is 6.61 Å². The molecule has 0 bridgehead atoms. The number of carboxylic acid groups (broad SMARTS) is 1. The van der Waals surface area contributed by atoms with Crippen LogP contribution >= 0.6 is 0 Å². The first-order valence-corrected chi connectivity index (χ1v) is 5.27. The van der Waals surface area contributed by atoms with E-state index in [2.05, 4.69) is 0 Å². The Labute approximate surface area is 99.5 Å². The molecule has 0 amide bonds. The molecule has 0 aliphatic carbocycles. The lowest BCUT2D eigenvalue weighted by Crippen LogP contribution is -2.07. The molecular weight excluding hydrogens is 220 g/mol. The van der Waals surface area contributed by atoms with Crippen LogP contribution in [0.2, 0.25) is 0 Å². The van der Waals surface area contributed by atoms with E-state index in [4.69, 9.17) is 9.84 Å². The van der Waals surface area contributed by atoms with Crippen molar-refractivity contribution in [3.8, 4) is 0 Å². The van der Waals surface area contributed by atoms with Gasteiger partial charge in [-0.25, -0.2) is 0 Å². The van der Waals surface area contributed by atoms with Gasteiger partial charge in [-0.15, -0.1) is 0 Å². The highest BCUT2D eigenvalue weighted by atomic mass is 16.5. The molecule has 4 heteroatoms. The Bertz CT molecular complexity index is 395. The summed E-state index contributed by atoms with van der Waals surface area (Å²) in [6, 6.07) is 9.62. The number of ether oxygens (including phenoxy) is 1. The van der Waals surface area contributed by atoms with Crippen molar-refractivity contribution >= 4 is 18.0 Å². The first-order chi connectivity index (χ1) is 8.18. The van der Waals surface area contributed by atoms with Crippen LogP contribution in [0.15, 0.2) is 36.4 Å². The molecule has 1 aromatic carbocycles. The molecule has 1 N–H and O–H groups in total. The number of rotatable bonds is 6. The van der Waals surface area contributed by atoms with Crippen LogP contribution < -0.4 is 0 Å². The molecule has 0 aromatic heterocycles. The zero-order valence-electron chi connectivity index (χ0n) is 9.33. The second-order valence-corrected chi connectivity index (χ2v) is 3.39. The van der Waals surface area contributed by atoms with Crippen LogP contribution in [-0.2, 0) is 14.3 Å². The fraction of sp³-hybridized carbons (Fsp3) is 0.231. The number of carbonyl (C=O) groups is 2. The first-order valence-electron chi connectivity index (χ1n) is 5.27. The molecule has 0 saturated heterocycles. The van der Waals surface area contributed by atoms with Crippen molar-refractivity contribution in [2.24, 2.45) is 0 Å². The molecule has 17 heavy (non-hydrogen) atoms. The summed E-state index contributed by atoms with van der Waals surface area (Å²) in [7, 11) is 0. The molecular formula is C13H14O4. The second-order valence-electron chi connectivity index (χ2n) is 3.39. The van der Waals surface area contributed by atoms with E-state index in [0.29, 0.717) is 0 Å². The molecule has 1 rings (SSSR count).